The third-order valence-electron chi connectivity index (χ3n) is 4.69. The summed E-state index contributed by atoms with van der Waals surface area (Å²) < 4.78 is 21.2. The van der Waals surface area contributed by atoms with Gasteiger partial charge in [0.05, 0.1) is 38.0 Å². The Hall–Kier alpha value is -3.78. The maximum atomic E-state index is 11.7. The molecular weight excluding hydrogens is 428 g/mol. The second-order valence-electron chi connectivity index (χ2n) is 6.58. The number of ether oxygens (including phenoxy) is 3. The molecule has 0 saturated heterocycles. The molecule has 0 saturated carbocycles. The molecule has 1 heterocycles. The highest BCUT2D eigenvalue weighted by molar-refractivity contribution is 7.99. The van der Waals surface area contributed by atoms with Crippen molar-refractivity contribution >= 4 is 17.7 Å². The van der Waals surface area contributed by atoms with Crippen molar-refractivity contribution in [1.29, 1.82) is 0 Å². The normalized spacial score (nSPS) is 10.6. The first-order chi connectivity index (χ1) is 15.6. The molecule has 162 valence electrons. The first-order valence-corrected chi connectivity index (χ1v) is 10.5. The molecule has 32 heavy (non-hydrogen) atoms. The van der Waals surface area contributed by atoms with Crippen molar-refractivity contribution in [2.45, 2.75) is 9.79 Å². The molecule has 0 radical (unpaired) electrons. The predicted molar refractivity (Wildman–Crippen MR) is 120 cm³/mol. The zero-order chi connectivity index (χ0) is 22.5. The van der Waals surface area contributed by atoms with Crippen LogP contribution in [0.25, 0.3) is 22.8 Å². The molecule has 3 aromatic carbocycles. The minimum Gasteiger partial charge on any atom is -0.493 e. The summed E-state index contributed by atoms with van der Waals surface area (Å²) in [5.41, 5.74) is 1.97. The van der Waals surface area contributed by atoms with Gasteiger partial charge in [-0.3, -0.25) is 0 Å². The number of benzene rings is 3. The number of hydrogen-bond acceptors (Lipinski definition) is 8. The second kappa shape index (κ2) is 9.57. The van der Waals surface area contributed by atoms with Crippen LogP contribution in [0.4, 0.5) is 0 Å². The molecule has 0 atom stereocenters. The number of rotatable bonds is 7. The van der Waals surface area contributed by atoms with Gasteiger partial charge in [-0.1, -0.05) is 35.1 Å². The molecule has 1 aromatic heterocycles. The quantitative estimate of drug-likeness (QED) is 0.350. The van der Waals surface area contributed by atoms with Crippen LogP contribution < -0.4 is 9.47 Å². The molecule has 0 aliphatic carbocycles. The van der Waals surface area contributed by atoms with Crippen molar-refractivity contribution in [3.05, 3.63) is 72.3 Å². The summed E-state index contributed by atoms with van der Waals surface area (Å²) in [6.07, 6.45) is 0. The minimum absolute atomic E-state index is 0.367. The highest BCUT2D eigenvalue weighted by Gasteiger charge is 2.19. The monoisotopic (exact) mass is 448 g/mol. The van der Waals surface area contributed by atoms with E-state index in [1.54, 1.807) is 32.4 Å². The van der Waals surface area contributed by atoms with Crippen molar-refractivity contribution in [3.8, 4) is 34.3 Å². The largest absolute Gasteiger partial charge is 0.493 e. The smallest absolute Gasteiger partial charge is 0.337 e. The molecule has 0 unspecified atom stereocenters. The highest BCUT2D eigenvalue weighted by Crippen LogP contribution is 2.39. The van der Waals surface area contributed by atoms with E-state index in [2.05, 4.69) is 10.1 Å². The standard InChI is InChI=1S/C24H20N2O5S/c1-28-19-9-6-8-18(21(19)29-2)22-25-23(31-26-22)17-7-4-5-10-20(17)32-16-13-11-15(12-14-16)24(27)30-3/h4-14H,1-3H3. The van der Waals surface area contributed by atoms with Gasteiger partial charge in [0.25, 0.3) is 5.89 Å². The van der Waals surface area contributed by atoms with Gasteiger partial charge in [0.1, 0.15) is 0 Å². The van der Waals surface area contributed by atoms with E-state index in [4.69, 9.17) is 18.7 Å². The van der Waals surface area contributed by atoms with Crippen LogP contribution in [-0.2, 0) is 4.74 Å². The third kappa shape index (κ3) is 4.31. The van der Waals surface area contributed by atoms with E-state index < -0.39 is 0 Å². The van der Waals surface area contributed by atoms with Crippen molar-refractivity contribution in [3.63, 3.8) is 0 Å². The van der Waals surface area contributed by atoms with E-state index >= 15 is 0 Å². The van der Waals surface area contributed by atoms with Crippen LogP contribution in [0.3, 0.4) is 0 Å². The minimum atomic E-state index is -0.367. The van der Waals surface area contributed by atoms with Gasteiger partial charge in [-0.15, -0.1) is 0 Å². The average molecular weight is 449 g/mol. The van der Waals surface area contributed by atoms with Gasteiger partial charge >= 0.3 is 5.97 Å². The van der Waals surface area contributed by atoms with Gasteiger partial charge in [0.15, 0.2) is 11.5 Å². The highest BCUT2D eigenvalue weighted by atomic mass is 32.2. The van der Waals surface area contributed by atoms with E-state index in [0.29, 0.717) is 34.3 Å². The number of carbonyl (C=O) groups is 1. The number of esters is 1. The Morgan fingerprint density at radius 1 is 0.875 bits per heavy atom. The van der Waals surface area contributed by atoms with Crippen LogP contribution in [0, 0.1) is 0 Å². The van der Waals surface area contributed by atoms with Crippen molar-refractivity contribution in [2.75, 3.05) is 21.3 Å². The number of hydrogen-bond donors (Lipinski definition) is 0. The van der Waals surface area contributed by atoms with Crippen molar-refractivity contribution in [1.82, 2.24) is 10.1 Å². The van der Waals surface area contributed by atoms with Crippen LogP contribution in [0.5, 0.6) is 11.5 Å². The summed E-state index contributed by atoms with van der Waals surface area (Å²) >= 11 is 1.53. The molecule has 0 aliphatic rings. The van der Waals surface area contributed by atoms with Crippen LogP contribution in [0.2, 0.25) is 0 Å². The zero-order valence-electron chi connectivity index (χ0n) is 17.7. The molecule has 0 amide bonds. The van der Waals surface area contributed by atoms with Crippen LogP contribution in [0.1, 0.15) is 10.4 Å². The molecule has 0 fully saturated rings. The lowest BCUT2D eigenvalue weighted by atomic mass is 10.1. The van der Waals surface area contributed by atoms with E-state index in [0.717, 1.165) is 15.4 Å². The van der Waals surface area contributed by atoms with Gasteiger partial charge < -0.3 is 18.7 Å². The SMILES string of the molecule is COC(=O)c1ccc(Sc2ccccc2-c2nc(-c3cccc(OC)c3OC)no2)cc1. The summed E-state index contributed by atoms with van der Waals surface area (Å²) in [6.45, 7) is 0. The van der Waals surface area contributed by atoms with E-state index in [9.17, 15) is 4.79 Å². The average Bonchev–Trinajstić information content (AvgIpc) is 3.33. The van der Waals surface area contributed by atoms with Crippen LogP contribution in [-0.4, -0.2) is 37.4 Å². The lowest BCUT2D eigenvalue weighted by Gasteiger charge is -2.09. The third-order valence-corrected chi connectivity index (χ3v) is 5.77. The number of aromatic nitrogens is 2. The lowest BCUT2D eigenvalue weighted by Crippen LogP contribution is -2.00. The Kier molecular flexibility index (Phi) is 6.42. The van der Waals surface area contributed by atoms with E-state index in [-0.39, 0.29) is 5.97 Å². The zero-order valence-corrected chi connectivity index (χ0v) is 18.5. The van der Waals surface area contributed by atoms with Crippen LogP contribution >= 0.6 is 11.8 Å². The first kappa shape index (κ1) is 21.5. The fourth-order valence-corrected chi connectivity index (χ4v) is 4.08. The van der Waals surface area contributed by atoms with Gasteiger partial charge in [0, 0.05) is 9.79 Å². The first-order valence-electron chi connectivity index (χ1n) is 9.65. The lowest BCUT2D eigenvalue weighted by molar-refractivity contribution is 0.0600. The summed E-state index contributed by atoms with van der Waals surface area (Å²) in [7, 11) is 4.51. The number of carbonyl (C=O) groups excluding carboxylic acids is 1. The summed E-state index contributed by atoms with van der Waals surface area (Å²) in [4.78, 5) is 18.1. The summed E-state index contributed by atoms with van der Waals surface area (Å²) in [5.74, 6) is 1.55. The Labute approximate surface area is 189 Å². The van der Waals surface area contributed by atoms with Gasteiger partial charge in [-0.2, -0.15) is 4.98 Å². The molecule has 7 nitrogen and oxygen atoms in total. The number of nitrogens with zero attached hydrogens (tertiary/aromatic N) is 2. The van der Waals surface area contributed by atoms with Crippen LogP contribution in [0.15, 0.2) is 81.0 Å². The van der Waals surface area contributed by atoms with Gasteiger partial charge in [-0.25, -0.2) is 4.79 Å². The molecule has 0 aliphatic heterocycles. The summed E-state index contributed by atoms with van der Waals surface area (Å²) in [6, 6.07) is 20.5. The van der Waals surface area contributed by atoms with Gasteiger partial charge in [-0.05, 0) is 48.5 Å². The molecular formula is C24H20N2O5S. The Balaban J connectivity index is 1.65. The molecule has 4 aromatic rings. The molecule has 0 bridgehead atoms. The van der Waals surface area contributed by atoms with E-state index in [1.807, 2.05) is 48.5 Å². The predicted octanol–water partition coefficient (Wildman–Crippen LogP) is 5.36. The van der Waals surface area contributed by atoms with Crippen molar-refractivity contribution in [2.24, 2.45) is 0 Å². The Morgan fingerprint density at radius 3 is 2.34 bits per heavy atom. The Morgan fingerprint density at radius 2 is 1.62 bits per heavy atom. The van der Waals surface area contributed by atoms with Crippen molar-refractivity contribution < 1.29 is 23.5 Å². The molecule has 0 spiro atoms. The maximum Gasteiger partial charge on any atom is 0.337 e. The fraction of sp³-hybridized carbons (Fsp3) is 0.125. The number of para-hydroxylation sites is 1. The number of methoxy groups -OCH3 is 3. The Bertz CT molecular complexity index is 1240. The topological polar surface area (TPSA) is 83.7 Å². The molecule has 0 N–H and O–H groups in total. The fourth-order valence-electron chi connectivity index (χ4n) is 3.14. The van der Waals surface area contributed by atoms with Gasteiger partial charge in [0.2, 0.25) is 5.82 Å². The van der Waals surface area contributed by atoms with E-state index in [1.165, 1.54) is 18.9 Å². The molecule has 4 rings (SSSR count). The molecule has 8 heteroatoms. The second-order valence-corrected chi connectivity index (χ2v) is 7.69. The summed E-state index contributed by atoms with van der Waals surface area (Å²) in [5, 5.41) is 4.15. The maximum absolute atomic E-state index is 11.7.